The molecule has 5 nitrogen and oxygen atoms in total. The molecule has 156 valence electrons. The second-order valence-corrected chi connectivity index (χ2v) is 10.8. The Bertz CT molecular complexity index is 1170. The van der Waals surface area contributed by atoms with Gasteiger partial charge in [-0.2, -0.15) is 0 Å². The van der Waals surface area contributed by atoms with Gasteiger partial charge in [-0.05, 0) is 36.6 Å². The lowest BCUT2D eigenvalue weighted by Crippen LogP contribution is -2.34. The molecule has 0 saturated carbocycles. The summed E-state index contributed by atoms with van der Waals surface area (Å²) < 4.78 is 29.4. The van der Waals surface area contributed by atoms with Crippen molar-refractivity contribution in [3.05, 3.63) is 70.3 Å². The number of fused-ring (bicyclic) bond motifs is 2. The standard InChI is InChI=1S/C24H25NO4S/c1-25(19-9-11-30(27,28)15-19)10-8-16-6-7-21-18(12-16)14-29-24(21)23-20-5-3-2-4-17(20)13-22(23)26/h2-7,12,19H,8-11,13-15H2,1H3/b24-23+. The molecule has 0 N–H and O–H groups in total. The Morgan fingerprint density at radius 1 is 1.10 bits per heavy atom. The van der Waals surface area contributed by atoms with Crippen molar-refractivity contribution in [1.82, 2.24) is 4.90 Å². The van der Waals surface area contributed by atoms with Crippen molar-refractivity contribution in [2.24, 2.45) is 0 Å². The molecule has 1 atom stereocenters. The normalized spacial score (nSPS) is 24.2. The van der Waals surface area contributed by atoms with Crippen LogP contribution in [0.2, 0.25) is 0 Å². The lowest BCUT2D eigenvalue weighted by molar-refractivity contribution is -0.112. The molecule has 0 radical (unpaired) electrons. The zero-order chi connectivity index (χ0) is 20.9. The summed E-state index contributed by atoms with van der Waals surface area (Å²) in [6.45, 7) is 1.30. The minimum absolute atomic E-state index is 0.122. The average Bonchev–Trinajstić information content (AvgIpc) is 3.39. The molecule has 2 aromatic carbocycles. The summed E-state index contributed by atoms with van der Waals surface area (Å²) in [6, 6.07) is 14.4. The van der Waals surface area contributed by atoms with Gasteiger partial charge >= 0.3 is 0 Å². The molecule has 1 saturated heterocycles. The third-order valence-corrected chi connectivity index (χ3v) is 8.27. The minimum atomic E-state index is -2.86. The van der Waals surface area contributed by atoms with Gasteiger partial charge in [0.25, 0.3) is 0 Å². The summed E-state index contributed by atoms with van der Waals surface area (Å²) in [6.07, 6.45) is 2.02. The second-order valence-electron chi connectivity index (χ2n) is 8.53. The topological polar surface area (TPSA) is 63.7 Å². The fraction of sp³-hybridized carbons (Fsp3) is 0.375. The van der Waals surface area contributed by atoms with Crippen molar-refractivity contribution in [2.45, 2.75) is 31.9 Å². The first-order valence-corrected chi connectivity index (χ1v) is 12.2. The number of ether oxygens (including phenoxy) is 1. The first-order valence-electron chi connectivity index (χ1n) is 10.4. The molecule has 0 amide bonds. The summed E-state index contributed by atoms with van der Waals surface area (Å²) in [5, 5.41) is 0. The highest BCUT2D eigenvalue weighted by atomic mass is 32.2. The number of sulfone groups is 1. The second kappa shape index (κ2) is 7.36. The van der Waals surface area contributed by atoms with Crippen molar-refractivity contribution < 1.29 is 17.9 Å². The molecule has 2 aromatic rings. The highest BCUT2D eigenvalue weighted by Gasteiger charge is 2.32. The number of hydrogen-bond donors (Lipinski definition) is 0. The van der Waals surface area contributed by atoms with Gasteiger partial charge in [0.05, 0.1) is 17.1 Å². The summed E-state index contributed by atoms with van der Waals surface area (Å²) >= 11 is 0. The Morgan fingerprint density at radius 3 is 2.73 bits per heavy atom. The molecule has 30 heavy (non-hydrogen) atoms. The van der Waals surface area contributed by atoms with Crippen molar-refractivity contribution in [3.63, 3.8) is 0 Å². The predicted octanol–water partition coefficient (Wildman–Crippen LogP) is 2.87. The summed E-state index contributed by atoms with van der Waals surface area (Å²) in [5.41, 5.74) is 6.08. The third-order valence-electron chi connectivity index (χ3n) is 6.51. The van der Waals surface area contributed by atoms with Gasteiger partial charge in [-0.1, -0.05) is 42.5 Å². The van der Waals surface area contributed by atoms with E-state index in [0.717, 1.165) is 41.6 Å². The monoisotopic (exact) mass is 423 g/mol. The van der Waals surface area contributed by atoms with Crippen molar-refractivity contribution >= 4 is 27.0 Å². The zero-order valence-corrected chi connectivity index (χ0v) is 17.9. The molecule has 0 spiro atoms. The predicted molar refractivity (Wildman–Crippen MR) is 117 cm³/mol. The van der Waals surface area contributed by atoms with Crippen LogP contribution >= 0.6 is 0 Å². The van der Waals surface area contributed by atoms with Crippen LogP contribution in [0.1, 0.15) is 34.2 Å². The van der Waals surface area contributed by atoms with E-state index in [1.807, 2.05) is 31.3 Å². The first kappa shape index (κ1) is 19.5. The van der Waals surface area contributed by atoms with Crippen LogP contribution in [0, 0.1) is 0 Å². The van der Waals surface area contributed by atoms with Gasteiger partial charge in [0.1, 0.15) is 12.4 Å². The number of carbonyl (C=O) groups is 1. The van der Waals surface area contributed by atoms with E-state index in [4.69, 9.17) is 4.74 Å². The number of allylic oxidation sites excluding steroid dienone is 1. The van der Waals surface area contributed by atoms with Gasteiger partial charge in [0, 0.05) is 30.1 Å². The Morgan fingerprint density at radius 2 is 1.93 bits per heavy atom. The van der Waals surface area contributed by atoms with Crippen LogP contribution in [-0.4, -0.2) is 50.2 Å². The SMILES string of the molecule is CN(CCc1ccc2c(c1)CO/C2=C1/C(=O)Cc2ccccc21)C1CCS(=O)(=O)C1. The van der Waals surface area contributed by atoms with Gasteiger partial charge in [-0.15, -0.1) is 0 Å². The number of likely N-dealkylation sites (N-methyl/N-ethyl adjacent to an activating group) is 1. The number of carbonyl (C=O) groups excluding carboxylic acids is 1. The number of benzene rings is 2. The zero-order valence-electron chi connectivity index (χ0n) is 17.1. The van der Waals surface area contributed by atoms with E-state index in [-0.39, 0.29) is 17.6 Å². The first-order chi connectivity index (χ1) is 14.4. The largest absolute Gasteiger partial charge is 0.487 e. The lowest BCUT2D eigenvalue weighted by atomic mass is 9.98. The average molecular weight is 424 g/mol. The Kier molecular flexibility index (Phi) is 4.79. The van der Waals surface area contributed by atoms with Gasteiger partial charge in [-0.3, -0.25) is 4.79 Å². The number of ketones is 1. The van der Waals surface area contributed by atoms with Crippen molar-refractivity contribution in [3.8, 4) is 0 Å². The summed E-state index contributed by atoms with van der Waals surface area (Å²) in [4.78, 5) is 14.8. The van der Waals surface area contributed by atoms with Crippen LogP contribution in [0.15, 0.2) is 42.5 Å². The van der Waals surface area contributed by atoms with E-state index < -0.39 is 9.84 Å². The quantitative estimate of drug-likeness (QED) is 0.708. The van der Waals surface area contributed by atoms with Crippen molar-refractivity contribution in [1.29, 1.82) is 0 Å². The van der Waals surface area contributed by atoms with Crippen LogP contribution in [0.3, 0.4) is 0 Å². The number of rotatable bonds is 4. The van der Waals surface area contributed by atoms with Crippen LogP contribution in [0.4, 0.5) is 0 Å². The van der Waals surface area contributed by atoms with Gasteiger partial charge in [0.15, 0.2) is 15.6 Å². The number of nitrogens with zero attached hydrogens (tertiary/aromatic N) is 1. The maximum Gasteiger partial charge on any atom is 0.171 e. The Labute approximate surface area is 177 Å². The van der Waals surface area contributed by atoms with E-state index in [0.29, 0.717) is 30.1 Å². The lowest BCUT2D eigenvalue weighted by Gasteiger charge is -2.23. The van der Waals surface area contributed by atoms with Crippen LogP contribution < -0.4 is 0 Å². The summed E-state index contributed by atoms with van der Waals surface area (Å²) in [5.74, 6) is 1.40. The molecule has 2 heterocycles. The molecular formula is C24H25NO4S. The summed E-state index contributed by atoms with van der Waals surface area (Å²) in [7, 11) is -0.855. The third kappa shape index (κ3) is 3.48. The highest BCUT2D eigenvalue weighted by Crippen LogP contribution is 2.40. The molecular weight excluding hydrogens is 398 g/mol. The maximum absolute atomic E-state index is 12.7. The van der Waals surface area contributed by atoms with Gasteiger partial charge in [-0.25, -0.2) is 8.42 Å². The molecule has 1 aliphatic carbocycles. The van der Waals surface area contributed by atoms with E-state index in [1.165, 1.54) is 5.56 Å². The highest BCUT2D eigenvalue weighted by molar-refractivity contribution is 7.91. The fourth-order valence-corrected chi connectivity index (χ4v) is 6.57. The number of Topliss-reactive ketones (excluding diaryl/α,β-unsaturated/α-hetero) is 1. The van der Waals surface area contributed by atoms with Crippen LogP contribution in [-0.2, 0) is 38.8 Å². The minimum Gasteiger partial charge on any atom is -0.487 e. The smallest absolute Gasteiger partial charge is 0.171 e. The van der Waals surface area contributed by atoms with Gasteiger partial charge in [0.2, 0.25) is 0 Å². The van der Waals surface area contributed by atoms with Crippen LogP contribution in [0.5, 0.6) is 0 Å². The van der Waals surface area contributed by atoms with Crippen molar-refractivity contribution in [2.75, 3.05) is 25.1 Å². The number of hydrogen-bond acceptors (Lipinski definition) is 5. The Balaban J connectivity index is 1.34. The van der Waals surface area contributed by atoms with E-state index in [2.05, 4.69) is 23.1 Å². The van der Waals surface area contributed by atoms with Gasteiger partial charge < -0.3 is 9.64 Å². The van der Waals surface area contributed by atoms with Crippen LogP contribution in [0.25, 0.3) is 11.3 Å². The molecule has 6 heteroatoms. The maximum atomic E-state index is 12.7. The molecule has 2 aliphatic heterocycles. The molecule has 1 unspecified atom stereocenters. The van der Waals surface area contributed by atoms with E-state index >= 15 is 0 Å². The molecule has 0 bridgehead atoms. The van der Waals surface area contributed by atoms with E-state index in [1.54, 1.807) is 0 Å². The van der Waals surface area contributed by atoms with E-state index in [9.17, 15) is 13.2 Å². The fourth-order valence-electron chi connectivity index (χ4n) is 4.77. The Hall–Kier alpha value is -2.44. The molecule has 0 aromatic heterocycles. The molecule has 3 aliphatic rings. The molecule has 5 rings (SSSR count). The molecule has 1 fully saturated rings.